The van der Waals surface area contributed by atoms with Gasteiger partial charge in [0.2, 0.25) is 0 Å². The lowest BCUT2D eigenvalue weighted by Crippen LogP contribution is -2.41. The van der Waals surface area contributed by atoms with Crippen molar-refractivity contribution in [3.63, 3.8) is 0 Å². The summed E-state index contributed by atoms with van der Waals surface area (Å²) in [4.78, 5) is 16.6. The van der Waals surface area contributed by atoms with E-state index in [1.54, 1.807) is 11.3 Å². The SMILES string of the molecule is CC(C)(C)OC(=O)NCC(=Cc1ccc2scnc2c1)B1OC(C)(C)C(C)(C)O1. The summed E-state index contributed by atoms with van der Waals surface area (Å²) in [7, 11) is -0.568. The fourth-order valence-electron chi connectivity index (χ4n) is 2.86. The minimum atomic E-state index is -0.568. The molecule has 3 rings (SSSR count). The number of hydrogen-bond donors (Lipinski definition) is 1. The van der Waals surface area contributed by atoms with Crippen LogP contribution in [-0.4, -0.2) is 41.5 Å². The number of rotatable bonds is 4. The molecule has 6 nitrogen and oxygen atoms in total. The first-order valence-electron chi connectivity index (χ1n) is 9.72. The van der Waals surface area contributed by atoms with Crippen LogP contribution in [0.2, 0.25) is 0 Å². The summed E-state index contributed by atoms with van der Waals surface area (Å²) in [5.74, 6) is 0. The average Bonchev–Trinajstić information content (AvgIpc) is 3.11. The zero-order valence-electron chi connectivity index (χ0n) is 18.2. The van der Waals surface area contributed by atoms with Crippen LogP contribution < -0.4 is 5.32 Å². The van der Waals surface area contributed by atoms with E-state index in [1.165, 1.54) is 0 Å². The number of nitrogens with one attached hydrogen (secondary N) is 1. The van der Waals surface area contributed by atoms with Crippen LogP contribution in [0.1, 0.15) is 54.0 Å². The molecule has 0 atom stereocenters. The van der Waals surface area contributed by atoms with Crippen molar-refractivity contribution < 1.29 is 18.8 Å². The van der Waals surface area contributed by atoms with Crippen LogP contribution in [0.3, 0.4) is 0 Å². The number of thiazole rings is 1. The molecule has 0 aliphatic carbocycles. The third kappa shape index (κ3) is 5.18. The molecular weight excluding hydrogens is 387 g/mol. The van der Waals surface area contributed by atoms with E-state index in [1.807, 2.05) is 78.3 Å². The van der Waals surface area contributed by atoms with Gasteiger partial charge < -0.3 is 19.4 Å². The molecule has 0 unspecified atom stereocenters. The molecule has 1 saturated heterocycles. The van der Waals surface area contributed by atoms with Crippen LogP contribution >= 0.6 is 11.3 Å². The molecule has 1 aromatic heterocycles. The number of nitrogens with zero attached hydrogens (tertiary/aromatic N) is 1. The molecular formula is C21H29BN2O4S. The number of ether oxygens (including phenoxy) is 1. The first-order chi connectivity index (χ1) is 13.4. The van der Waals surface area contributed by atoms with Crippen molar-refractivity contribution in [1.82, 2.24) is 10.3 Å². The van der Waals surface area contributed by atoms with Crippen molar-refractivity contribution >= 4 is 40.8 Å². The number of alkyl carbamates (subject to hydrolysis) is 1. The second-order valence-electron chi connectivity index (χ2n) is 9.24. The summed E-state index contributed by atoms with van der Waals surface area (Å²) in [6.45, 7) is 13.8. The standard InChI is InChI=1S/C21H29BN2O4S/c1-19(2,3)26-18(25)23-12-15(22-27-20(4,5)21(6,7)28-22)10-14-8-9-17-16(11-14)24-13-29-17/h8-11,13H,12H2,1-7H3,(H,23,25). The van der Waals surface area contributed by atoms with Crippen molar-refractivity contribution in [2.45, 2.75) is 65.3 Å². The lowest BCUT2D eigenvalue weighted by atomic mass is 9.77. The molecule has 0 radical (unpaired) electrons. The molecule has 156 valence electrons. The quantitative estimate of drug-likeness (QED) is 0.723. The van der Waals surface area contributed by atoms with E-state index in [2.05, 4.69) is 10.3 Å². The number of amides is 1. The van der Waals surface area contributed by atoms with Crippen LogP contribution in [0, 0.1) is 0 Å². The first-order valence-corrected chi connectivity index (χ1v) is 10.6. The van der Waals surface area contributed by atoms with E-state index in [-0.39, 0.29) is 6.54 Å². The average molecular weight is 416 g/mol. The topological polar surface area (TPSA) is 69.7 Å². The number of fused-ring (bicyclic) bond motifs is 1. The van der Waals surface area contributed by atoms with Gasteiger partial charge in [-0.1, -0.05) is 12.1 Å². The summed E-state index contributed by atoms with van der Waals surface area (Å²) in [6, 6.07) is 6.09. The molecule has 1 fully saturated rings. The minimum absolute atomic E-state index is 0.251. The van der Waals surface area contributed by atoms with E-state index < -0.39 is 30.0 Å². The molecule has 8 heteroatoms. The Kier molecular flexibility index (Phi) is 5.82. The Morgan fingerprint density at radius 1 is 1.24 bits per heavy atom. The Balaban J connectivity index is 1.86. The van der Waals surface area contributed by atoms with Crippen molar-refractivity contribution in [2.24, 2.45) is 0 Å². The number of carbonyl (C=O) groups excluding carboxylic acids is 1. The van der Waals surface area contributed by atoms with Gasteiger partial charge in [0.15, 0.2) is 0 Å². The van der Waals surface area contributed by atoms with Gasteiger partial charge in [0.25, 0.3) is 0 Å². The molecule has 1 aliphatic heterocycles. The summed E-state index contributed by atoms with van der Waals surface area (Å²) in [5, 5.41) is 2.82. The van der Waals surface area contributed by atoms with Crippen LogP contribution in [0.25, 0.3) is 16.3 Å². The van der Waals surface area contributed by atoms with E-state index in [4.69, 9.17) is 14.0 Å². The second-order valence-corrected chi connectivity index (χ2v) is 10.1. The maximum atomic E-state index is 12.2. The van der Waals surface area contributed by atoms with Gasteiger partial charge >= 0.3 is 13.2 Å². The Morgan fingerprint density at radius 3 is 2.52 bits per heavy atom. The van der Waals surface area contributed by atoms with E-state index >= 15 is 0 Å². The fourth-order valence-corrected chi connectivity index (χ4v) is 3.52. The fraction of sp³-hybridized carbons (Fsp3) is 0.524. The predicted octanol–water partition coefficient (Wildman–Crippen LogP) is 4.84. The van der Waals surface area contributed by atoms with Gasteiger partial charge in [-0.3, -0.25) is 0 Å². The van der Waals surface area contributed by atoms with Crippen molar-refractivity contribution in [3.05, 3.63) is 34.7 Å². The van der Waals surface area contributed by atoms with Crippen LogP contribution in [0.5, 0.6) is 0 Å². The number of carbonyl (C=O) groups is 1. The molecule has 29 heavy (non-hydrogen) atoms. The van der Waals surface area contributed by atoms with Gasteiger partial charge in [-0.15, -0.1) is 11.3 Å². The summed E-state index contributed by atoms with van der Waals surface area (Å²) in [6.07, 6.45) is 1.51. The number of benzene rings is 1. The van der Waals surface area contributed by atoms with Crippen LogP contribution in [0.15, 0.2) is 29.2 Å². The van der Waals surface area contributed by atoms with Crippen LogP contribution in [-0.2, 0) is 14.0 Å². The molecule has 0 spiro atoms. The molecule has 1 N–H and O–H groups in total. The Morgan fingerprint density at radius 2 is 1.90 bits per heavy atom. The largest absolute Gasteiger partial charge is 0.492 e. The third-order valence-corrected chi connectivity index (χ3v) is 5.91. The Labute approximate surface area is 176 Å². The molecule has 2 heterocycles. The Hall–Kier alpha value is -1.90. The molecule has 1 aliphatic rings. The van der Waals surface area contributed by atoms with Gasteiger partial charge in [0.05, 0.1) is 26.9 Å². The third-order valence-electron chi connectivity index (χ3n) is 5.10. The maximum absolute atomic E-state index is 12.2. The molecule has 0 saturated carbocycles. The predicted molar refractivity (Wildman–Crippen MR) is 118 cm³/mol. The van der Waals surface area contributed by atoms with Crippen molar-refractivity contribution in [2.75, 3.05) is 6.54 Å². The highest BCUT2D eigenvalue weighted by molar-refractivity contribution is 7.16. The molecule has 0 bridgehead atoms. The monoisotopic (exact) mass is 416 g/mol. The highest BCUT2D eigenvalue weighted by Gasteiger charge is 2.52. The second kappa shape index (κ2) is 7.74. The number of aromatic nitrogens is 1. The summed E-state index contributed by atoms with van der Waals surface area (Å²) < 4.78 is 18.9. The van der Waals surface area contributed by atoms with Gasteiger partial charge in [-0.05, 0) is 71.6 Å². The lowest BCUT2D eigenvalue weighted by molar-refractivity contribution is 0.00578. The molecule has 1 amide bonds. The highest BCUT2D eigenvalue weighted by atomic mass is 32.1. The summed E-state index contributed by atoms with van der Waals surface area (Å²) >= 11 is 1.60. The normalized spacial score (nSPS) is 18.9. The van der Waals surface area contributed by atoms with Crippen molar-refractivity contribution in [1.29, 1.82) is 0 Å². The smallest absolute Gasteiger partial charge is 0.444 e. The van der Waals surface area contributed by atoms with Crippen molar-refractivity contribution in [3.8, 4) is 0 Å². The van der Waals surface area contributed by atoms with E-state index in [9.17, 15) is 4.79 Å². The van der Waals surface area contributed by atoms with E-state index in [0.717, 1.165) is 21.3 Å². The van der Waals surface area contributed by atoms with E-state index in [0.29, 0.717) is 0 Å². The Bertz CT molecular complexity index is 914. The van der Waals surface area contributed by atoms with Gasteiger partial charge in [-0.2, -0.15) is 0 Å². The molecule has 2 aromatic rings. The van der Waals surface area contributed by atoms with Gasteiger partial charge in [0, 0.05) is 6.54 Å². The number of hydrogen-bond acceptors (Lipinski definition) is 6. The molecule has 1 aromatic carbocycles. The maximum Gasteiger partial charge on any atom is 0.492 e. The van der Waals surface area contributed by atoms with Gasteiger partial charge in [-0.25, -0.2) is 9.78 Å². The van der Waals surface area contributed by atoms with Gasteiger partial charge in [0.1, 0.15) is 5.60 Å². The lowest BCUT2D eigenvalue weighted by Gasteiger charge is -2.32. The minimum Gasteiger partial charge on any atom is -0.444 e. The van der Waals surface area contributed by atoms with Crippen LogP contribution in [0.4, 0.5) is 4.79 Å². The summed E-state index contributed by atoms with van der Waals surface area (Å²) in [5.41, 5.74) is 3.05. The highest BCUT2D eigenvalue weighted by Crippen LogP contribution is 2.38. The zero-order chi connectivity index (χ0) is 21.4. The zero-order valence-corrected chi connectivity index (χ0v) is 19.0. The first kappa shape index (κ1) is 21.8.